The van der Waals surface area contributed by atoms with Gasteiger partial charge in [0.2, 0.25) is 0 Å². The van der Waals surface area contributed by atoms with Crippen molar-refractivity contribution >= 4 is 21.7 Å². The van der Waals surface area contributed by atoms with Crippen LogP contribution in [0.15, 0.2) is 16.6 Å². The van der Waals surface area contributed by atoms with Gasteiger partial charge in [-0.05, 0) is 30.2 Å². The van der Waals surface area contributed by atoms with E-state index in [2.05, 4.69) is 34.2 Å². The zero-order chi connectivity index (χ0) is 13.4. The van der Waals surface area contributed by atoms with E-state index >= 15 is 0 Å². The minimum absolute atomic E-state index is 0.149. The topological polar surface area (TPSA) is 38.3 Å². The number of halogens is 1. The molecule has 1 N–H and O–H groups in total. The summed E-state index contributed by atoms with van der Waals surface area (Å²) in [6.45, 7) is 4.64. The summed E-state index contributed by atoms with van der Waals surface area (Å²) in [6, 6.07) is 4.12. The Labute approximate surface area is 121 Å². The van der Waals surface area contributed by atoms with Crippen molar-refractivity contribution in [2.24, 2.45) is 11.8 Å². The maximum Gasteiger partial charge on any atom is 0.142 e. The van der Waals surface area contributed by atoms with Gasteiger partial charge in [-0.2, -0.15) is 0 Å². The van der Waals surface area contributed by atoms with Gasteiger partial charge in [0.15, 0.2) is 0 Å². The fourth-order valence-corrected chi connectivity index (χ4v) is 3.59. The average molecular weight is 324 g/mol. The van der Waals surface area contributed by atoms with E-state index < -0.39 is 0 Å². The molecule has 102 valence electrons. The Morgan fingerprint density at radius 3 is 3.05 bits per heavy atom. The standard InChI is InChI=1S/C15H18BrNO2/c1-9-7-17-8-13(9)14(18)6-11-5-12(16)4-10-2-3-19-15(10)11/h4-5,9,13,17H,2-3,6-8H2,1H3. The Bertz CT molecular complexity index is 515. The smallest absolute Gasteiger partial charge is 0.142 e. The summed E-state index contributed by atoms with van der Waals surface area (Å²) in [7, 11) is 0. The van der Waals surface area contributed by atoms with Crippen LogP contribution in [-0.4, -0.2) is 25.5 Å². The number of carbonyl (C=O) groups excluding carboxylic acids is 1. The Hall–Kier alpha value is -0.870. The van der Waals surface area contributed by atoms with Gasteiger partial charge >= 0.3 is 0 Å². The van der Waals surface area contributed by atoms with Crippen molar-refractivity contribution in [3.05, 3.63) is 27.7 Å². The fourth-order valence-electron chi connectivity index (χ4n) is 3.04. The maximum atomic E-state index is 12.4. The number of nitrogens with one attached hydrogen (secondary N) is 1. The van der Waals surface area contributed by atoms with Crippen LogP contribution in [-0.2, 0) is 17.6 Å². The number of rotatable bonds is 3. The first-order chi connectivity index (χ1) is 9.15. The van der Waals surface area contributed by atoms with Crippen molar-refractivity contribution in [2.75, 3.05) is 19.7 Å². The number of hydrogen-bond acceptors (Lipinski definition) is 3. The maximum absolute atomic E-state index is 12.4. The molecule has 3 rings (SSSR count). The van der Waals surface area contributed by atoms with Crippen LogP contribution >= 0.6 is 15.9 Å². The van der Waals surface area contributed by atoms with Gasteiger partial charge in [0.1, 0.15) is 11.5 Å². The molecule has 0 spiro atoms. The second-order valence-electron chi connectivity index (χ2n) is 5.54. The van der Waals surface area contributed by atoms with Crippen LogP contribution in [0.25, 0.3) is 0 Å². The second-order valence-corrected chi connectivity index (χ2v) is 6.45. The van der Waals surface area contributed by atoms with Gasteiger partial charge in [-0.15, -0.1) is 0 Å². The number of carbonyl (C=O) groups is 1. The molecule has 2 aliphatic rings. The lowest BCUT2D eigenvalue weighted by Crippen LogP contribution is -2.23. The van der Waals surface area contributed by atoms with E-state index in [9.17, 15) is 4.79 Å². The summed E-state index contributed by atoms with van der Waals surface area (Å²) in [5.41, 5.74) is 2.25. The van der Waals surface area contributed by atoms with Gasteiger partial charge < -0.3 is 10.1 Å². The molecule has 0 aliphatic carbocycles. The third-order valence-corrected chi connectivity index (χ3v) is 4.58. The van der Waals surface area contributed by atoms with Crippen LogP contribution in [0.3, 0.4) is 0 Å². The number of fused-ring (bicyclic) bond motifs is 1. The molecule has 0 amide bonds. The first-order valence-electron chi connectivity index (χ1n) is 6.82. The van der Waals surface area contributed by atoms with Crippen LogP contribution < -0.4 is 10.1 Å². The van der Waals surface area contributed by atoms with Crippen LogP contribution in [0.4, 0.5) is 0 Å². The number of Topliss-reactive ketones (excluding diaryl/α,β-unsaturated/α-hetero) is 1. The van der Waals surface area contributed by atoms with Crippen molar-refractivity contribution in [1.29, 1.82) is 0 Å². The Kier molecular flexibility index (Phi) is 3.63. The normalized spacial score (nSPS) is 25.2. The minimum Gasteiger partial charge on any atom is -0.493 e. The van der Waals surface area contributed by atoms with Crippen molar-refractivity contribution in [1.82, 2.24) is 5.32 Å². The molecule has 1 saturated heterocycles. The Morgan fingerprint density at radius 2 is 2.32 bits per heavy atom. The first kappa shape index (κ1) is 13.1. The number of benzene rings is 1. The molecule has 2 unspecified atom stereocenters. The molecular formula is C15H18BrNO2. The first-order valence-corrected chi connectivity index (χ1v) is 7.62. The van der Waals surface area contributed by atoms with E-state index in [1.165, 1.54) is 5.56 Å². The summed E-state index contributed by atoms with van der Waals surface area (Å²) in [5.74, 6) is 1.85. The minimum atomic E-state index is 0.149. The third-order valence-electron chi connectivity index (χ3n) is 4.12. The van der Waals surface area contributed by atoms with Gasteiger partial charge in [0, 0.05) is 35.3 Å². The molecule has 1 aromatic rings. The van der Waals surface area contributed by atoms with Gasteiger partial charge in [-0.3, -0.25) is 4.79 Å². The zero-order valence-corrected chi connectivity index (χ0v) is 12.6. The summed E-state index contributed by atoms with van der Waals surface area (Å²) in [6.07, 6.45) is 1.43. The summed E-state index contributed by atoms with van der Waals surface area (Å²) in [5, 5.41) is 3.29. The molecule has 0 radical (unpaired) electrons. The van der Waals surface area contributed by atoms with Crippen LogP contribution in [0.2, 0.25) is 0 Å². The van der Waals surface area contributed by atoms with Crippen LogP contribution in [0.1, 0.15) is 18.1 Å². The molecule has 2 atom stereocenters. The van der Waals surface area contributed by atoms with E-state index in [0.29, 0.717) is 18.1 Å². The fraction of sp³-hybridized carbons (Fsp3) is 0.533. The zero-order valence-electron chi connectivity index (χ0n) is 11.0. The highest BCUT2D eigenvalue weighted by Gasteiger charge is 2.30. The molecule has 1 fully saturated rings. The molecule has 19 heavy (non-hydrogen) atoms. The monoisotopic (exact) mass is 323 g/mol. The lowest BCUT2D eigenvalue weighted by molar-refractivity contribution is -0.122. The quantitative estimate of drug-likeness (QED) is 0.928. The summed E-state index contributed by atoms with van der Waals surface area (Å²) >= 11 is 3.52. The predicted molar refractivity (Wildman–Crippen MR) is 77.6 cm³/mol. The molecule has 0 bridgehead atoms. The summed E-state index contributed by atoms with van der Waals surface area (Å²) < 4.78 is 6.73. The molecule has 0 aromatic heterocycles. The molecule has 1 aromatic carbocycles. The van der Waals surface area contributed by atoms with Gasteiger partial charge in [0.25, 0.3) is 0 Å². The van der Waals surface area contributed by atoms with Crippen molar-refractivity contribution in [3.63, 3.8) is 0 Å². The largest absolute Gasteiger partial charge is 0.493 e. The molecule has 0 saturated carbocycles. The second kappa shape index (κ2) is 5.25. The van der Waals surface area contributed by atoms with E-state index in [0.717, 1.165) is 41.9 Å². The molecule has 2 aliphatic heterocycles. The number of hydrogen-bond donors (Lipinski definition) is 1. The highest BCUT2D eigenvalue weighted by atomic mass is 79.9. The highest BCUT2D eigenvalue weighted by molar-refractivity contribution is 9.10. The van der Waals surface area contributed by atoms with Crippen LogP contribution in [0, 0.1) is 11.8 Å². The number of ether oxygens (including phenoxy) is 1. The number of ketones is 1. The van der Waals surface area contributed by atoms with Gasteiger partial charge in [-0.25, -0.2) is 0 Å². The van der Waals surface area contributed by atoms with Crippen molar-refractivity contribution < 1.29 is 9.53 Å². The molecule has 3 nitrogen and oxygen atoms in total. The van der Waals surface area contributed by atoms with E-state index in [1.807, 2.05) is 6.07 Å². The molecule has 4 heteroatoms. The Balaban J connectivity index is 1.82. The van der Waals surface area contributed by atoms with Crippen molar-refractivity contribution in [2.45, 2.75) is 19.8 Å². The van der Waals surface area contributed by atoms with E-state index in [1.54, 1.807) is 0 Å². The van der Waals surface area contributed by atoms with Crippen molar-refractivity contribution in [3.8, 4) is 5.75 Å². The van der Waals surface area contributed by atoms with E-state index in [4.69, 9.17) is 4.74 Å². The lowest BCUT2D eigenvalue weighted by Gasteiger charge is -2.14. The molecule has 2 heterocycles. The van der Waals surface area contributed by atoms with Crippen LogP contribution in [0.5, 0.6) is 5.75 Å². The van der Waals surface area contributed by atoms with Gasteiger partial charge in [-0.1, -0.05) is 22.9 Å². The van der Waals surface area contributed by atoms with Gasteiger partial charge in [0.05, 0.1) is 6.61 Å². The van der Waals surface area contributed by atoms with E-state index in [-0.39, 0.29) is 5.92 Å². The highest BCUT2D eigenvalue weighted by Crippen LogP contribution is 2.34. The predicted octanol–water partition coefficient (Wildman–Crippen LogP) is 2.35. The third kappa shape index (κ3) is 2.56. The average Bonchev–Trinajstić information content (AvgIpc) is 2.97. The Morgan fingerprint density at radius 1 is 1.47 bits per heavy atom. The lowest BCUT2D eigenvalue weighted by atomic mass is 9.89. The SMILES string of the molecule is CC1CNCC1C(=O)Cc1cc(Br)cc2c1OCC2. The molecular weight excluding hydrogens is 306 g/mol. The summed E-state index contributed by atoms with van der Waals surface area (Å²) in [4.78, 5) is 12.4.